The molecule has 9 nitrogen and oxygen atoms in total. The number of fused-ring (bicyclic) bond motifs is 2. The van der Waals surface area contributed by atoms with Gasteiger partial charge in [-0.3, -0.25) is 4.90 Å². The lowest BCUT2D eigenvalue weighted by Crippen LogP contribution is -2.64. The van der Waals surface area contributed by atoms with E-state index < -0.39 is 5.79 Å². The van der Waals surface area contributed by atoms with Crippen molar-refractivity contribution in [3.05, 3.63) is 48.1 Å². The van der Waals surface area contributed by atoms with Crippen LogP contribution in [0.1, 0.15) is 82.6 Å². The molecule has 3 heterocycles. The molecule has 7 atom stereocenters. The smallest absolute Gasteiger partial charge is 0.230 e. The lowest BCUT2D eigenvalue weighted by Gasteiger charge is -2.58. The molecule has 0 spiro atoms. The van der Waals surface area contributed by atoms with Crippen LogP contribution in [0.5, 0.6) is 11.5 Å². The number of ether oxygens (including phenoxy) is 4. The number of oxime groups is 1. The van der Waals surface area contributed by atoms with Gasteiger partial charge in [0, 0.05) is 57.2 Å². The van der Waals surface area contributed by atoms with Gasteiger partial charge >= 0.3 is 0 Å². The lowest BCUT2D eigenvalue weighted by molar-refractivity contribution is -0.223. The summed E-state index contributed by atoms with van der Waals surface area (Å²) in [6.07, 6.45) is 12.9. The van der Waals surface area contributed by atoms with Crippen LogP contribution in [0.25, 0.3) is 0 Å². The Morgan fingerprint density at radius 2 is 1.96 bits per heavy atom. The third-order valence-corrected chi connectivity index (χ3v) is 11.9. The van der Waals surface area contributed by atoms with Gasteiger partial charge in [-0.1, -0.05) is 37.1 Å². The number of hydrogen-bond acceptors (Lipinski definition) is 10. The number of aliphatic hydroxyl groups excluding tert-OH is 2. The third-order valence-electron chi connectivity index (χ3n) is 10.6. The molecular formula is C38H56N2O7S. The molecule has 2 aliphatic carbocycles. The summed E-state index contributed by atoms with van der Waals surface area (Å²) >= 11 is 1.86. The van der Waals surface area contributed by atoms with Crippen LogP contribution in [0.4, 0.5) is 0 Å². The first-order valence-corrected chi connectivity index (χ1v) is 19.5. The summed E-state index contributed by atoms with van der Waals surface area (Å²) < 4.78 is 26.4. The van der Waals surface area contributed by atoms with E-state index in [1.165, 1.54) is 0 Å². The Bertz CT molecular complexity index is 1270. The molecule has 2 N–H and O–H groups in total. The van der Waals surface area contributed by atoms with Gasteiger partial charge in [-0.05, 0) is 79.9 Å². The number of hydrogen-bond donors (Lipinski definition) is 2. The normalized spacial score (nSPS) is 31.7. The van der Waals surface area contributed by atoms with Crippen molar-refractivity contribution in [2.45, 2.75) is 94.4 Å². The van der Waals surface area contributed by atoms with Crippen molar-refractivity contribution in [2.75, 3.05) is 58.4 Å². The molecule has 1 saturated carbocycles. The second-order valence-corrected chi connectivity index (χ2v) is 15.3. The van der Waals surface area contributed by atoms with Crippen molar-refractivity contribution >= 4 is 17.5 Å². The highest BCUT2D eigenvalue weighted by Gasteiger charge is 2.63. The Hall–Kier alpha value is -2.08. The second-order valence-electron chi connectivity index (χ2n) is 13.8. The highest BCUT2D eigenvalue weighted by molar-refractivity contribution is 8.00. The molecule has 266 valence electrons. The maximum absolute atomic E-state index is 9.80. The van der Waals surface area contributed by atoms with Crippen LogP contribution >= 0.6 is 11.8 Å². The minimum atomic E-state index is -0.925. The monoisotopic (exact) mass is 684 g/mol. The van der Waals surface area contributed by atoms with Crippen molar-refractivity contribution in [3.63, 3.8) is 0 Å². The van der Waals surface area contributed by atoms with E-state index in [-0.39, 0.29) is 48.4 Å². The van der Waals surface area contributed by atoms with Crippen LogP contribution in [-0.2, 0) is 14.3 Å². The Kier molecular flexibility index (Phi) is 12.8. The van der Waals surface area contributed by atoms with Crippen LogP contribution in [-0.4, -0.2) is 96.6 Å². The molecule has 0 radical (unpaired) electrons. The molecule has 5 aliphatic rings. The Labute approximate surface area is 291 Å². The molecular weight excluding hydrogens is 628 g/mol. The van der Waals surface area contributed by atoms with Gasteiger partial charge in [-0.25, -0.2) is 0 Å². The van der Waals surface area contributed by atoms with Crippen LogP contribution in [0, 0.1) is 17.8 Å². The number of rotatable bonds is 19. The van der Waals surface area contributed by atoms with Crippen molar-refractivity contribution in [1.29, 1.82) is 0 Å². The minimum absolute atomic E-state index is 0.0255. The van der Waals surface area contributed by atoms with E-state index in [4.69, 9.17) is 28.9 Å². The largest absolute Gasteiger partial charge is 0.492 e. The van der Waals surface area contributed by atoms with Gasteiger partial charge in [-0.2, -0.15) is 11.8 Å². The zero-order valence-corrected chi connectivity index (χ0v) is 29.5. The maximum Gasteiger partial charge on any atom is 0.230 e. The van der Waals surface area contributed by atoms with E-state index in [9.17, 15) is 10.2 Å². The summed E-state index contributed by atoms with van der Waals surface area (Å²) in [5, 5.41) is 24.4. The van der Waals surface area contributed by atoms with E-state index in [1.54, 1.807) is 0 Å². The molecule has 0 aromatic heterocycles. The molecule has 0 bridgehead atoms. The van der Waals surface area contributed by atoms with E-state index in [2.05, 4.69) is 36.6 Å². The number of aliphatic hydroxyl groups is 2. The molecule has 7 unspecified atom stereocenters. The summed E-state index contributed by atoms with van der Waals surface area (Å²) in [5.74, 6) is 2.18. The summed E-state index contributed by atoms with van der Waals surface area (Å²) in [6, 6.07) is 6.34. The van der Waals surface area contributed by atoms with Gasteiger partial charge in [-0.15, -0.1) is 6.58 Å². The van der Waals surface area contributed by atoms with E-state index in [0.29, 0.717) is 26.2 Å². The van der Waals surface area contributed by atoms with Gasteiger partial charge in [0.15, 0.2) is 0 Å². The molecule has 3 fully saturated rings. The first-order chi connectivity index (χ1) is 23.6. The standard InChI is InChI=1S/C38H56N2O7S/c1-3-21-45-38-34(48-4-2)26-32(39-47-35-13-7-10-22-44-35)30-24-27(11-5-8-19-41)29(12-6-9-20-42)36(37(30)38)31-25-28(14-15-33(31)46-38)43-23-18-40-16-17-40/h3,14-15,24-25,27,29,34-37,41-42H,1,4-13,16-23,26H2,2H3. The van der Waals surface area contributed by atoms with Crippen LogP contribution < -0.4 is 9.47 Å². The Morgan fingerprint density at radius 3 is 2.69 bits per heavy atom. The third kappa shape index (κ3) is 8.10. The van der Waals surface area contributed by atoms with Gasteiger partial charge in [0.2, 0.25) is 12.1 Å². The first-order valence-electron chi connectivity index (χ1n) is 18.4. The average molecular weight is 685 g/mol. The molecule has 3 aliphatic heterocycles. The first kappa shape index (κ1) is 35.7. The Morgan fingerprint density at radius 1 is 1.12 bits per heavy atom. The maximum atomic E-state index is 9.80. The molecule has 1 aromatic carbocycles. The van der Waals surface area contributed by atoms with E-state index >= 15 is 0 Å². The Balaban J connectivity index is 1.47. The highest BCUT2D eigenvalue weighted by Crippen LogP contribution is 2.62. The van der Waals surface area contributed by atoms with E-state index in [1.807, 2.05) is 23.9 Å². The van der Waals surface area contributed by atoms with E-state index in [0.717, 1.165) is 112 Å². The molecule has 10 heteroatoms. The molecule has 6 rings (SSSR count). The number of benzene rings is 1. The van der Waals surface area contributed by atoms with Gasteiger partial charge < -0.3 is 34.0 Å². The second kappa shape index (κ2) is 17.2. The summed E-state index contributed by atoms with van der Waals surface area (Å²) in [7, 11) is 0. The zero-order chi connectivity index (χ0) is 33.3. The molecule has 0 amide bonds. The van der Waals surface area contributed by atoms with Crippen LogP contribution in [0.3, 0.4) is 0 Å². The number of allylic oxidation sites excluding steroid dienone is 1. The fourth-order valence-corrected chi connectivity index (χ4v) is 9.44. The summed E-state index contributed by atoms with van der Waals surface area (Å²) in [4.78, 5) is 8.53. The summed E-state index contributed by atoms with van der Waals surface area (Å²) in [6.45, 7) is 11.5. The quantitative estimate of drug-likeness (QED) is 0.0753. The van der Waals surface area contributed by atoms with Crippen molar-refractivity contribution in [1.82, 2.24) is 4.90 Å². The van der Waals surface area contributed by atoms with Gasteiger partial charge in [0.05, 0.1) is 30.1 Å². The van der Waals surface area contributed by atoms with Gasteiger partial charge in [0.25, 0.3) is 0 Å². The van der Waals surface area contributed by atoms with Gasteiger partial charge in [0.1, 0.15) is 18.1 Å². The molecule has 48 heavy (non-hydrogen) atoms. The number of thioether (sulfide) groups is 1. The highest BCUT2D eigenvalue weighted by atomic mass is 32.2. The van der Waals surface area contributed by atoms with Crippen molar-refractivity contribution in [2.24, 2.45) is 22.9 Å². The topological polar surface area (TPSA) is 102 Å². The number of unbranched alkanes of at least 4 members (excludes halogenated alkanes) is 2. The SMILES string of the molecule is C=CCOC12Oc3ccc(OCCN4CC4)cc3C3C(CCCCO)C(CCCCO)C=C(C(=NOC4CCCCO4)CC1SCC)C32. The predicted molar refractivity (Wildman–Crippen MR) is 190 cm³/mol. The van der Waals surface area contributed by atoms with Crippen LogP contribution in [0.2, 0.25) is 0 Å². The predicted octanol–water partition coefficient (Wildman–Crippen LogP) is 6.29. The molecule has 2 saturated heterocycles. The minimum Gasteiger partial charge on any atom is -0.492 e. The van der Waals surface area contributed by atoms with Crippen molar-refractivity contribution < 1.29 is 34.0 Å². The molecule has 1 aromatic rings. The van der Waals surface area contributed by atoms with Crippen molar-refractivity contribution in [3.8, 4) is 11.5 Å². The average Bonchev–Trinajstić information content (AvgIpc) is 3.94. The fourth-order valence-electron chi connectivity index (χ4n) is 8.27. The van der Waals surface area contributed by atoms with Crippen LogP contribution in [0.15, 0.2) is 47.7 Å². The summed E-state index contributed by atoms with van der Waals surface area (Å²) in [5.41, 5.74) is 3.27. The zero-order valence-electron chi connectivity index (χ0n) is 28.7. The number of nitrogens with zero attached hydrogens (tertiary/aromatic N) is 2. The lowest BCUT2D eigenvalue weighted by atomic mass is 9.56. The fraction of sp³-hybridized carbons (Fsp3) is 0.711.